The molecule has 20 heavy (non-hydrogen) atoms. The molecule has 0 spiro atoms. The van der Waals surface area contributed by atoms with Crippen LogP contribution in [-0.2, 0) is 0 Å². The van der Waals surface area contributed by atoms with Gasteiger partial charge in [-0.1, -0.05) is 36.4 Å². The van der Waals surface area contributed by atoms with E-state index in [2.05, 4.69) is 77.0 Å². The lowest BCUT2D eigenvalue weighted by Crippen LogP contribution is -2.26. The van der Waals surface area contributed by atoms with E-state index in [1.165, 1.54) is 28.5 Å². The number of allylic oxidation sites excluding steroid dienone is 3. The zero-order valence-electron chi connectivity index (χ0n) is 11.2. The molecule has 0 radical (unpaired) electrons. The molecular weight excluding hydrogens is 244 g/mol. The molecule has 0 saturated heterocycles. The Labute approximate surface area is 119 Å². The molecule has 1 heterocycles. The van der Waals surface area contributed by atoms with Crippen LogP contribution in [0.2, 0.25) is 0 Å². The Morgan fingerprint density at radius 3 is 2.60 bits per heavy atom. The van der Waals surface area contributed by atoms with Gasteiger partial charge in [-0.25, -0.2) is 0 Å². The normalized spacial score (nSPS) is 16.5. The Morgan fingerprint density at radius 1 is 0.900 bits per heavy atom. The van der Waals surface area contributed by atoms with Crippen molar-refractivity contribution in [2.45, 2.75) is 12.8 Å². The lowest BCUT2D eigenvalue weighted by Gasteiger charge is -2.36. The first-order chi connectivity index (χ1) is 9.93. The largest absolute Gasteiger partial charge is 0.355 e. The highest BCUT2D eigenvalue weighted by atomic mass is 15.2. The molecule has 0 bridgehead atoms. The van der Waals surface area contributed by atoms with Crippen LogP contribution in [0.25, 0.3) is 0 Å². The van der Waals surface area contributed by atoms with Crippen molar-refractivity contribution in [3.8, 4) is 0 Å². The second-order valence-electron chi connectivity index (χ2n) is 5.12. The van der Waals surface area contributed by atoms with Crippen LogP contribution in [0.15, 0.2) is 78.1 Å². The number of anilines is 3. The number of fused-ring (bicyclic) bond motifs is 1. The molecule has 0 aromatic heterocycles. The Hall–Kier alpha value is -2.48. The van der Waals surface area contributed by atoms with Gasteiger partial charge in [0.2, 0.25) is 0 Å². The van der Waals surface area contributed by atoms with Gasteiger partial charge in [-0.15, -0.1) is 0 Å². The van der Waals surface area contributed by atoms with Crippen molar-refractivity contribution in [1.82, 2.24) is 0 Å². The smallest absolute Gasteiger partial charge is 0.0697 e. The van der Waals surface area contributed by atoms with E-state index >= 15 is 0 Å². The molecule has 1 aliphatic heterocycles. The summed E-state index contributed by atoms with van der Waals surface area (Å²) in [6.07, 6.45) is 6.67. The zero-order chi connectivity index (χ0) is 13.4. The minimum atomic E-state index is 1.07. The van der Waals surface area contributed by atoms with Gasteiger partial charge in [0, 0.05) is 11.4 Å². The number of para-hydroxylation sites is 3. The minimum Gasteiger partial charge on any atom is -0.355 e. The SMILES string of the molecule is C1=CC2=C(CC1)Nc1ccccc1N2c1ccccc1. The molecule has 4 rings (SSSR count). The maximum atomic E-state index is 3.59. The van der Waals surface area contributed by atoms with Crippen LogP contribution in [0.1, 0.15) is 12.8 Å². The van der Waals surface area contributed by atoms with Crippen LogP contribution in [0, 0.1) is 0 Å². The zero-order valence-corrected chi connectivity index (χ0v) is 11.2. The second-order valence-corrected chi connectivity index (χ2v) is 5.12. The third kappa shape index (κ3) is 1.73. The molecule has 0 amide bonds. The van der Waals surface area contributed by atoms with Gasteiger partial charge in [-0.05, 0) is 43.2 Å². The highest BCUT2D eigenvalue weighted by Crippen LogP contribution is 2.42. The summed E-state index contributed by atoms with van der Waals surface area (Å²) in [6, 6.07) is 19.1. The van der Waals surface area contributed by atoms with E-state index in [9.17, 15) is 0 Å². The maximum absolute atomic E-state index is 3.59. The molecule has 0 atom stereocenters. The van der Waals surface area contributed by atoms with Gasteiger partial charge in [0.05, 0.1) is 17.1 Å². The Bertz CT molecular complexity index is 698. The average molecular weight is 260 g/mol. The summed E-state index contributed by atoms with van der Waals surface area (Å²) in [5, 5.41) is 3.59. The third-order valence-corrected chi connectivity index (χ3v) is 3.83. The standard InChI is InChI=1S/C18H16N2/c1-2-8-14(9-3-1)20-17-12-6-4-10-15(17)19-16-11-5-7-13-18(16)20/h1-4,6-10,12-13,19H,5,11H2. The van der Waals surface area contributed by atoms with Crippen molar-refractivity contribution in [1.29, 1.82) is 0 Å². The van der Waals surface area contributed by atoms with Crippen LogP contribution in [0.4, 0.5) is 17.1 Å². The summed E-state index contributed by atoms with van der Waals surface area (Å²) in [4.78, 5) is 2.34. The molecule has 98 valence electrons. The van der Waals surface area contributed by atoms with E-state index in [-0.39, 0.29) is 0 Å². The first-order valence-electron chi connectivity index (χ1n) is 7.04. The number of hydrogen-bond donors (Lipinski definition) is 1. The van der Waals surface area contributed by atoms with Crippen molar-refractivity contribution >= 4 is 17.1 Å². The summed E-state index contributed by atoms with van der Waals surface area (Å²) in [7, 11) is 0. The minimum absolute atomic E-state index is 1.07. The molecule has 2 heteroatoms. The quantitative estimate of drug-likeness (QED) is 0.791. The molecule has 2 aromatic rings. The van der Waals surface area contributed by atoms with Crippen LogP contribution >= 0.6 is 0 Å². The topological polar surface area (TPSA) is 15.3 Å². The fourth-order valence-corrected chi connectivity index (χ4v) is 2.91. The summed E-state index contributed by atoms with van der Waals surface area (Å²) < 4.78 is 0. The fraction of sp³-hybridized carbons (Fsp3) is 0.111. The molecule has 0 saturated carbocycles. The van der Waals surface area contributed by atoms with Crippen LogP contribution in [-0.4, -0.2) is 0 Å². The number of nitrogens with one attached hydrogen (secondary N) is 1. The summed E-state index contributed by atoms with van der Waals surface area (Å²) in [5.41, 5.74) is 6.19. The van der Waals surface area contributed by atoms with Gasteiger partial charge in [0.25, 0.3) is 0 Å². The van der Waals surface area contributed by atoms with Crippen molar-refractivity contribution in [3.63, 3.8) is 0 Å². The first kappa shape index (κ1) is 11.4. The van der Waals surface area contributed by atoms with E-state index < -0.39 is 0 Å². The van der Waals surface area contributed by atoms with Crippen LogP contribution < -0.4 is 10.2 Å². The maximum Gasteiger partial charge on any atom is 0.0697 e. The molecule has 0 unspecified atom stereocenters. The first-order valence-corrected chi connectivity index (χ1v) is 7.04. The highest BCUT2D eigenvalue weighted by Gasteiger charge is 2.25. The van der Waals surface area contributed by atoms with E-state index in [0.717, 1.165) is 12.8 Å². The molecule has 2 aliphatic rings. The highest BCUT2D eigenvalue weighted by molar-refractivity contribution is 5.85. The number of nitrogens with zero attached hydrogens (tertiary/aromatic N) is 1. The van der Waals surface area contributed by atoms with Crippen molar-refractivity contribution in [2.75, 3.05) is 10.2 Å². The Balaban J connectivity index is 1.93. The predicted molar refractivity (Wildman–Crippen MR) is 84.0 cm³/mol. The molecule has 1 aliphatic carbocycles. The van der Waals surface area contributed by atoms with E-state index in [1.807, 2.05) is 0 Å². The Morgan fingerprint density at radius 2 is 1.70 bits per heavy atom. The van der Waals surface area contributed by atoms with E-state index in [4.69, 9.17) is 0 Å². The van der Waals surface area contributed by atoms with Gasteiger partial charge in [0.1, 0.15) is 0 Å². The fourth-order valence-electron chi connectivity index (χ4n) is 2.91. The number of rotatable bonds is 1. The summed E-state index contributed by atoms with van der Waals surface area (Å²) >= 11 is 0. The van der Waals surface area contributed by atoms with E-state index in [0.29, 0.717) is 0 Å². The van der Waals surface area contributed by atoms with Gasteiger partial charge in [0.15, 0.2) is 0 Å². The van der Waals surface area contributed by atoms with Gasteiger partial charge in [-0.2, -0.15) is 0 Å². The Kier molecular flexibility index (Phi) is 2.59. The third-order valence-electron chi connectivity index (χ3n) is 3.83. The summed E-state index contributed by atoms with van der Waals surface area (Å²) in [5.74, 6) is 0. The lowest BCUT2D eigenvalue weighted by atomic mass is 10.0. The van der Waals surface area contributed by atoms with Gasteiger partial charge >= 0.3 is 0 Å². The molecule has 2 nitrogen and oxygen atoms in total. The molecular formula is C18H16N2. The second kappa shape index (κ2) is 4.57. The molecule has 2 aromatic carbocycles. The average Bonchev–Trinajstić information content (AvgIpc) is 2.53. The monoisotopic (exact) mass is 260 g/mol. The van der Waals surface area contributed by atoms with Crippen LogP contribution in [0.3, 0.4) is 0 Å². The lowest BCUT2D eigenvalue weighted by molar-refractivity contribution is 0.917. The van der Waals surface area contributed by atoms with Crippen molar-refractivity contribution in [3.05, 3.63) is 78.1 Å². The molecule has 1 N–H and O–H groups in total. The number of hydrogen-bond acceptors (Lipinski definition) is 2. The van der Waals surface area contributed by atoms with Crippen LogP contribution in [0.5, 0.6) is 0 Å². The molecule has 0 fully saturated rings. The van der Waals surface area contributed by atoms with Crippen molar-refractivity contribution in [2.24, 2.45) is 0 Å². The number of benzene rings is 2. The predicted octanol–water partition coefficient (Wildman–Crippen LogP) is 4.81. The van der Waals surface area contributed by atoms with Gasteiger partial charge in [-0.3, -0.25) is 0 Å². The summed E-state index contributed by atoms with van der Waals surface area (Å²) in [6.45, 7) is 0. The van der Waals surface area contributed by atoms with Crippen molar-refractivity contribution < 1.29 is 0 Å². The van der Waals surface area contributed by atoms with Gasteiger partial charge < -0.3 is 10.2 Å². The van der Waals surface area contributed by atoms with E-state index in [1.54, 1.807) is 0 Å².